The van der Waals surface area contributed by atoms with E-state index in [-0.39, 0.29) is 5.97 Å². The standard InChI is InChI=1S/C16H22O3/c1-4-18-15-8-5-14(6-9-15)7-10-16(17)19-12-11-13(2)3/h5-10,13H,4,11-12H2,1-3H3/b10-7+. The fraction of sp³-hybridized carbons (Fsp3) is 0.438. The van der Waals surface area contributed by atoms with Crippen LogP contribution < -0.4 is 4.74 Å². The van der Waals surface area contributed by atoms with E-state index in [2.05, 4.69) is 13.8 Å². The molecule has 19 heavy (non-hydrogen) atoms. The maximum Gasteiger partial charge on any atom is 0.330 e. The Morgan fingerprint density at radius 1 is 1.26 bits per heavy atom. The molecule has 3 heteroatoms. The van der Waals surface area contributed by atoms with Crippen LogP contribution in [0, 0.1) is 5.92 Å². The molecule has 1 aromatic carbocycles. The van der Waals surface area contributed by atoms with Gasteiger partial charge >= 0.3 is 5.97 Å². The van der Waals surface area contributed by atoms with E-state index in [9.17, 15) is 4.79 Å². The summed E-state index contributed by atoms with van der Waals surface area (Å²) in [4.78, 5) is 11.4. The Bertz CT molecular complexity index is 405. The van der Waals surface area contributed by atoms with Crippen molar-refractivity contribution < 1.29 is 14.3 Å². The van der Waals surface area contributed by atoms with E-state index in [1.54, 1.807) is 6.08 Å². The zero-order valence-electron chi connectivity index (χ0n) is 11.9. The third-order valence-electron chi connectivity index (χ3n) is 2.54. The monoisotopic (exact) mass is 262 g/mol. The van der Waals surface area contributed by atoms with Gasteiger partial charge in [-0.1, -0.05) is 26.0 Å². The van der Waals surface area contributed by atoms with Crippen molar-refractivity contribution >= 4 is 12.0 Å². The molecule has 1 aromatic rings. The van der Waals surface area contributed by atoms with Crippen LogP contribution in [0.25, 0.3) is 6.08 Å². The second-order valence-electron chi connectivity index (χ2n) is 4.69. The molecule has 0 amide bonds. The van der Waals surface area contributed by atoms with Crippen molar-refractivity contribution in [2.24, 2.45) is 5.92 Å². The Morgan fingerprint density at radius 2 is 1.95 bits per heavy atom. The van der Waals surface area contributed by atoms with Gasteiger partial charge in [-0.25, -0.2) is 4.79 Å². The summed E-state index contributed by atoms with van der Waals surface area (Å²) in [6.07, 6.45) is 4.09. The number of benzene rings is 1. The molecule has 0 spiro atoms. The van der Waals surface area contributed by atoms with Crippen LogP contribution in [-0.2, 0) is 9.53 Å². The van der Waals surface area contributed by atoms with Gasteiger partial charge in [0.15, 0.2) is 0 Å². The summed E-state index contributed by atoms with van der Waals surface area (Å²) < 4.78 is 10.4. The Morgan fingerprint density at radius 3 is 2.53 bits per heavy atom. The number of hydrogen-bond acceptors (Lipinski definition) is 3. The Balaban J connectivity index is 2.40. The first-order valence-corrected chi connectivity index (χ1v) is 6.69. The molecule has 0 unspecified atom stereocenters. The molecule has 0 radical (unpaired) electrons. The highest BCUT2D eigenvalue weighted by atomic mass is 16.5. The Kier molecular flexibility index (Phi) is 6.72. The van der Waals surface area contributed by atoms with Gasteiger partial charge in [0, 0.05) is 6.08 Å². The first-order valence-electron chi connectivity index (χ1n) is 6.69. The molecule has 0 aliphatic heterocycles. The van der Waals surface area contributed by atoms with Crippen molar-refractivity contribution in [2.75, 3.05) is 13.2 Å². The maximum absolute atomic E-state index is 11.4. The highest BCUT2D eigenvalue weighted by Gasteiger charge is 1.99. The summed E-state index contributed by atoms with van der Waals surface area (Å²) >= 11 is 0. The predicted octanol–water partition coefficient (Wildman–Crippen LogP) is 3.69. The lowest BCUT2D eigenvalue weighted by Crippen LogP contribution is -2.04. The van der Waals surface area contributed by atoms with Crippen molar-refractivity contribution in [2.45, 2.75) is 27.2 Å². The molecule has 0 saturated heterocycles. The maximum atomic E-state index is 11.4. The quantitative estimate of drug-likeness (QED) is 0.555. The van der Waals surface area contributed by atoms with E-state index < -0.39 is 0 Å². The van der Waals surface area contributed by atoms with E-state index in [1.807, 2.05) is 31.2 Å². The van der Waals surface area contributed by atoms with Gasteiger partial charge in [0.25, 0.3) is 0 Å². The Hall–Kier alpha value is -1.77. The molecule has 0 aliphatic carbocycles. The average Bonchev–Trinajstić information content (AvgIpc) is 2.38. The van der Waals surface area contributed by atoms with Crippen molar-refractivity contribution in [1.29, 1.82) is 0 Å². The molecule has 104 valence electrons. The van der Waals surface area contributed by atoms with Crippen LogP contribution in [0.1, 0.15) is 32.8 Å². The molecule has 0 fully saturated rings. The number of carbonyl (C=O) groups is 1. The molecule has 0 heterocycles. The van der Waals surface area contributed by atoms with Gasteiger partial charge in [-0.2, -0.15) is 0 Å². The molecule has 0 aliphatic rings. The van der Waals surface area contributed by atoms with Crippen molar-refractivity contribution in [1.82, 2.24) is 0 Å². The van der Waals surface area contributed by atoms with Gasteiger partial charge in [-0.15, -0.1) is 0 Å². The first-order chi connectivity index (χ1) is 9.11. The van der Waals surface area contributed by atoms with Gasteiger partial charge in [0.1, 0.15) is 5.75 Å². The summed E-state index contributed by atoms with van der Waals surface area (Å²) in [5.74, 6) is 1.08. The van der Waals surface area contributed by atoms with E-state index in [0.29, 0.717) is 19.1 Å². The van der Waals surface area contributed by atoms with Gasteiger partial charge in [-0.3, -0.25) is 0 Å². The number of esters is 1. The summed E-state index contributed by atoms with van der Waals surface area (Å²) in [7, 11) is 0. The number of carbonyl (C=O) groups excluding carboxylic acids is 1. The molecular formula is C16H22O3. The SMILES string of the molecule is CCOc1ccc(/C=C/C(=O)OCCC(C)C)cc1. The summed E-state index contributed by atoms with van der Waals surface area (Å²) in [6.45, 7) is 7.27. The number of hydrogen-bond donors (Lipinski definition) is 0. The van der Waals surface area contributed by atoms with Crippen LogP contribution in [0.15, 0.2) is 30.3 Å². The summed E-state index contributed by atoms with van der Waals surface area (Å²) in [5, 5.41) is 0. The van der Waals surface area contributed by atoms with E-state index in [1.165, 1.54) is 6.08 Å². The molecule has 0 atom stereocenters. The minimum Gasteiger partial charge on any atom is -0.494 e. The molecule has 1 rings (SSSR count). The van der Waals surface area contributed by atoms with Crippen molar-refractivity contribution in [3.63, 3.8) is 0 Å². The zero-order chi connectivity index (χ0) is 14.1. The van der Waals surface area contributed by atoms with Crippen LogP contribution in [0.3, 0.4) is 0 Å². The van der Waals surface area contributed by atoms with Gasteiger partial charge in [0.05, 0.1) is 13.2 Å². The molecule has 0 saturated carbocycles. The van der Waals surface area contributed by atoms with Gasteiger partial charge in [0.2, 0.25) is 0 Å². The van der Waals surface area contributed by atoms with Crippen LogP contribution in [0.2, 0.25) is 0 Å². The highest BCUT2D eigenvalue weighted by molar-refractivity contribution is 5.87. The lowest BCUT2D eigenvalue weighted by molar-refractivity contribution is -0.137. The van der Waals surface area contributed by atoms with Crippen LogP contribution in [0.5, 0.6) is 5.75 Å². The van der Waals surface area contributed by atoms with E-state index >= 15 is 0 Å². The molecule has 0 N–H and O–H groups in total. The van der Waals surface area contributed by atoms with Crippen molar-refractivity contribution in [3.8, 4) is 5.75 Å². The fourth-order valence-electron chi connectivity index (χ4n) is 1.45. The minimum absolute atomic E-state index is 0.297. The normalized spacial score (nSPS) is 10.9. The van der Waals surface area contributed by atoms with E-state index in [4.69, 9.17) is 9.47 Å². The van der Waals surface area contributed by atoms with Crippen LogP contribution in [-0.4, -0.2) is 19.2 Å². The van der Waals surface area contributed by atoms with Crippen LogP contribution >= 0.6 is 0 Å². The highest BCUT2D eigenvalue weighted by Crippen LogP contribution is 2.13. The van der Waals surface area contributed by atoms with Crippen molar-refractivity contribution in [3.05, 3.63) is 35.9 Å². The van der Waals surface area contributed by atoms with Crippen LogP contribution in [0.4, 0.5) is 0 Å². The lowest BCUT2D eigenvalue weighted by atomic mass is 10.1. The van der Waals surface area contributed by atoms with Gasteiger partial charge < -0.3 is 9.47 Å². The summed E-state index contributed by atoms with van der Waals surface area (Å²) in [6, 6.07) is 7.58. The molecular weight excluding hydrogens is 240 g/mol. The van der Waals surface area contributed by atoms with Gasteiger partial charge in [-0.05, 0) is 43.0 Å². The summed E-state index contributed by atoms with van der Waals surface area (Å²) in [5.41, 5.74) is 0.948. The molecule has 0 aromatic heterocycles. The first kappa shape index (κ1) is 15.3. The average molecular weight is 262 g/mol. The minimum atomic E-state index is -0.297. The fourth-order valence-corrected chi connectivity index (χ4v) is 1.45. The number of ether oxygens (including phenoxy) is 2. The number of rotatable bonds is 7. The lowest BCUT2D eigenvalue weighted by Gasteiger charge is -2.04. The zero-order valence-corrected chi connectivity index (χ0v) is 11.9. The largest absolute Gasteiger partial charge is 0.494 e. The smallest absolute Gasteiger partial charge is 0.330 e. The molecule has 3 nitrogen and oxygen atoms in total. The second kappa shape index (κ2) is 8.35. The third kappa shape index (κ3) is 6.65. The predicted molar refractivity (Wildman–Crippen MR) is 77.1 cm³/mol. The van der Waals surface area contributed by atoms with E-state index in [0.717, 1.165) is 17.7 Å². The third-order valence-corrected chi connectivity index (χ3v) is 2.54. The topological polar surface area (TPSA) is 35.5 Å². The Labute approximate surface area is 115 Å². The second-order valence-corrected chi connectivity index (χ2v) is 4.69. The molecule has 0 bridgehead atoms.